The average Bonchev–Trinajstić information content (AvgIpc) is 2.59. The van der Waals surface area contributed by atoms with Gasteiger partial charge in [0, 0.05) is 30.0 Å². The summed E-state index contributed by atoms with van der Waals surface area (Å²) in [4.78, 5) is 6.24. The Kier molecular flexibility index (Phi) is 6.29. The van der Waals surface area contributed by atoms with E-state index in [0.717, 1.165) is 28.1 Å². The van der Waals surface area contributed by atoms with Crippen LogP contribution in [0.25, 0.3) is 5.70 Å². The Balaban J connectivity index is 2.48. The maximum Gasteiger partial charge on any atom is 0.123 e. The van der Waals surface area contributed by atoms with Gasteiger partial charge in [0.25, 0.3) is 0 Å². The van der Waals surface area contributed by atoms with Gasteiger partial charge in [-0.15, -0.1) is 0 Å². The lowest BCUT2D eigenvalue weighted by molar-refractivity contribution is 0.626. The lowest BCUT2D eigenvalue weighted by Crippen LogP contribution is -2.17. The zero-order chi connectivity index (χ0) is 18.4. The summed E-state index contributed by atoms with van der Waals surface area (Å²) >= 11 is 0. The Labute approximate surface area is 150 Å². The normalized spacial score (nSPS) is 16.2. The minimum atomic E-state index is -0.238. The lowest BCUT2D eigenvalue weighted by Gasteiger charge is -2.29. The highest BCUT2D eigenvalue weighted by molar-refractivity contribution is 5.69. The SMILES string of the molecule is C=C1C=CC(/C(C)=C/N=C\C)=CN1/C(=C\C(C)C)c1ccc(F)cc1. The van der Waals surface area contributed by atoms with Crippen molar-refractivity contribution in [3.8, 4) is 0 Å². The summed E-state index contributed by atoms with van der Waals surface area (Å²) in [6.45, 7) is 12.3. The molecule has 1 aromatic carbocycles. The maximum absolute atomic E-state index is 13.3. The second-order valence-electron chi connectivity index (χ2n) is 6.30. The molecule has 1 aromatic rings. The lowest BCUT2D eigenvalue weighted by atomic mass is 10.0. The highest BCUT2D eigenvalue weighted by atomic mass is 19.1. The van der Waals surface area contributed by atoms with Gasteiger partial charge < -0.3 is 4.90 Å². The van der Waals surface area contributed by atoms with Crippen LogP contribution in [0.15, 0.2) is 83.3 Å². The van der Waals surface area contributed by atoms with Crippen LogP contribution in [0.5, 0.6) is 0 Å². The smallest absolute Gasteiger partial charge is 0.123 e. The molecule has 2 rings (SSSR count). The second kappa shape index (κ2) is 8.43. The summed E-state index contributed by atoms with van der Waals surface area (Å²) in [6.07, 6.45) is 11.8. The molecule has 0 unspecified atom stereocenters. The van der Waals surface area contributed by atoms with Crippen LogP contribution in [0.4, 0.5) is 4.39 Å². The largest absolute Gasteiger partial charge is 0.317 e. The molecule has 1 aliphatic rings. The third-order valence-corrected chi connectivity index (χ3v) is 3.80. The molecule has 0 atom stereocenters. The summed E-state index contributed by atoms with van der Waals surface area (Å²) in [5.41, 5.74) is 4.94. The number of allylic oxidation sites excluding steroid dienone is 5. The number of hydrogen-bond donors (Lipinski definition) is 0. The molecule has 1 heterocycles. The van der Waals surface area contributed by atoms with Gasteiger partial charge in [0.2, 0.25) is 0 Å². The predicted molar refractivity (Wildman–Crippen MR) is 105 cm³/mol. The van der Waals surface area contributed by atoms with Crippen LogP contribution in [0.3, 0.4) is 0 Å². The van der Waals surface area contributed by atoms with Crippen LogP contribution in [0.2, 0.25) is 0 Å². The van der Waals surface area contributed by atoms with E-state index in [4.69, 9.17) is 0 Å². The van der Waals surface area contributed by atoms with Crippen LogP contribution in [-0.2, 0) is 0 Å². The third-order valence-electron chi connectivity index (χ3n) is 3.80. The molecule has 1 aliphatic heterocycles. The number of halogens is 1. The zero-order valence-electron chi connectivity index (χ0n) is 15.3. The first kappa shape index (κ1) is 18.7. The number of benzene rings is 1. The molecule has 130 valence electrons. The molecule has 0 N–H and O–H groups in total. The van der Waals surface area contributed by atoms with Crippen molar-refractivity contribution in [3.63, 3.8) is 0 Å². The fourth-order valence-electron chi connectivity index (χ4n) is 2.50. The summed E-state index contributed by atoms with van der Waals surface area (Å²) in [5.74, 6) is 0.106. The van der Waals surface area contributed by atoms with Gasteiger partial charge in [0.05, 0.1) is 0 Å². The van der Waals surface area contributed by atoms with Crippen molar-refractivity contribution >= 4 is 11.9 Å². The highest BCUT2D eigenvalue weighted by Gasteiger charge is 2.16. The van der Waals surface area contributed by atoms with E-state index in [2.05, 4.69) is 42.6 Å². The quantitative estimate of drug-likeness (QED) is 0.594. The minimum absolute atomic E-state index is 0.238. The Hall–Kier alpha value is -2.68. The molecular formula is C22H25FN2. The minimum Gasteiger partial charge on any atom is -0.317 e. The van der Waals surface area contributed by atoms with Gasteiger partial charge >= 0.3 is 0 Å². The first-order valence-corrected chi connectivity index (χ1v) is 8.43. The van der Waals surface area contributed by atoms with Crippen molar-refractivity contribution in [2.45, 2.75) is 27.7 Å². The number of aliphatic imine (C=N–C) groups is 1. The van der Waals surface area contributed by atoms with E-state index in [9.17, 15) is 4.39 Å². The molecule has 0 bridgehead atoms. The third kappa shape index (κ3) is 4.90. The van der Waals surface area contributed by atoms with Crippen LogP contribution in [0.1, 0.15) is 33.3 Å². The summed E-state index contributed by atoms with van der Waals surface area (Å²) in [6, 6.07) is 6.56. The maximum atomic E-state index is 13.3. The van der Waals surface area contributed by atoms with Gasteiger partial charge in [-0.2, -0.15) is 0 Å². The van der Waals surface area contributed by atoms with Crippen molar-refractivity contribution in [3.05, 3.63) is 89.7 Å². The van der Waals surface area contributed by atoms with E-state index >= 15 is 0 Å². The molecule has 3 heteroatoms. The monoisotopic (exact) mass is 336 g/mol. The van der Waals surface area contributed by atoms with Crippen molar-refractivity contribution < 1.29 is 4.39 Å². The summed E-state index contributed by atoms with van der Waals surface area (Å²) in [5, 5.41) is 0. The van der Waals surface area contributed by atoms with Crippen molar-refractivity contribution in [1.82, 2.24) is 4.90 Å². The molecule has 2 nitrogen and oxygen atoms in total. The van der Waals surface area contributed by atoms with E-state index in [-0.39, 0.29) is 5.82 Å². The summed E-state index contributed by atoms with van der Waals surface area (Å²) < 4.78 is 13.3. The van der Waals surface area contributed by atoms with Crippen molar-refractivity contribution in [2.75, 3.05) is 0 Å². The second-order valence-corrected chi connectivity index (χ2v) is 6.30. The van der Waals surface area contributed by atoms with Gasteiger partial charge in [-0.1, -0.05) is 32.6 Å². The fourth-order valence-corrected chi connectivity index (χ4v) is 2.50. The van der Waals surface area contributed by atoms with E-state index in [1.54, 1.807) is 18.3 Å². The number of rotatable bonds is 5. The van der Waals surface area contributed by atoms with Gasteiger partial charge in [0.15, 0.2) is 0 Å². The first-order valence-electron chi connectivity index (χ1n) is 8.43. The number of hydrogen-bond acceptors (Lipinski definition) is 2. The molecule has 0 saturated heterocycles. The number of nitrogens with zero attached hydrogens (tertiary/aromatic N) is 2. The van der Waals surface area contributed by atoms with E-state index < -0.39 is 0 Å². The van der Waals surface area contributed by atoms with Crippen LogP contribution in [-0.4, -0.2) is 11.1 Å². The standard InChI is InChI=1S/C22H25FN2/c1-6-24-14-17(4)20-8-7-18(5)25(15-20)22(13-16(2)3)19-9-11-21(23)12-10-19/h6-16H,5H2,1-4H3/b17-14+,22-13-,24-6-. The van der Waals surface area contributed by atoms with Gasteiger partial charge in [-0.3, -0.25) is 4.99 Å². The van der Waals surface area contributed by atoms with E-state index in [1.165, 1.54) is 12.1 Å². The summed E-state index contributed by atoms with van der Waals surface area (Å²) in [7, 11) is 0. The van der Waals surface area contributed by atoms with Crippen molar-refractivity contribution in [1.29, 1.82) is 0 Å². The van der Waals surface area contributed by atoms with Gasteiger partial charge in [0.1, 0.15) is 5.82 Å². The first-order chi connectivity index (χ1) is 11.9. The van der Waals surface area contributed by atoms with Gasteiger partial charge in [-0.05, 0) is 66.8 Å². The highest BCUT2D eigenvalue weighted by Crippen LogP contribution is 2.31. The molecule has 0 aliphatic carbocycles. The van der Waals surface area contributed by atoms with Crippen LogP contribution >= 0.6 is 0 Å². The Morgan fingerprint density at radius 3 is 2.48 bits per heavy atom. The fraction of sp³-hybridized carbons (Fsp3) is 0.227. The molecule has 0 amide bonds. The molecule has 25 heavy (non-hydrogen) atoms. The topological polar surface area (TPSA) is 15.6 Å². The average molecular weight is 336 g/mol. The molecule has 0 aromatic heterocycles. The molecule has 0 fully saturated rings. The zero-order valence-corrected chi connectivity index (χ0v) is 15.3. The van der Waals surface area contributed by atoms with Crippen LogP contribution < -0.4 is 0 Å². The predicted octanol–water partition coefficient (Wildman–Crippen LogP) is 6.09. The van der Waals surface area contributed by atoms with Crippen molar-refractivity contribution in [2.24, 2.45) is 10.9 Å². The Morgan fingerprint density at radius 1 is 1.20 bits per heavy atom. The molecular weight excluding hydrogens is 311 g/mol. The van der Waals surface area contributed by atoms with Gasteiger partial charge in [-0.25, -0.2) is 4.39 Å². The Morgan fingerprint density at radius 2 is 1.88 bits per heavy atom. The molecule has 0 radical (unpaired) electrons. The van der Waals surface area contributed by atoms with Crippen LogP contribution in [0, 0.1) is 11.7 Å². The van der Waals surface area contributed by atoms with E-state index in [1.807, 2.05) is 32.2 Å². The molecule has 0 saturated carbocycles. The van der Waals surface area contributed by atoms with E-state index in [0.29, 0.717) is 5.92 Å². The Bertz CT molecular complexity index is 775. The molecule has 0 spiro atoms.